The molecule has 0 saturated heterocycles. The molecule has 5 heteroatoms. The number of ether oxygens (including phenoxy) is 3. The van der Waals surface area contributed by atoms with Gasteiger partial charge in [-0.05, 0) is 19.8 Å². The summed E-state index contributed by atoms with van der Waals surface area (Å²) in [6.45, 7) is 10.3. The highest BCUT2D eigenvalue weighted by Gasteiger charge is 2.29. The van der Waals surface area contributed by atoms with Crippen LogP contribution >= 0.6 is 0 Å². The van der Waals surface area contributed by atoms with Crippen LogP contribution in [0.5, 0.6) is 0 Å². The van der Waals surface area contributed by atoms with Crippen LogP contribution in [0.3, 0.4) is 0 Å². The van der Waals surface area contributed by atoms with Gasteiger partial charge in [-0.15, -0.1) is 0 Å². The largest absolute Gasteiger partial charge is 0.465 e. The number of carbonyl (C=O) groups is 2. The van der Waals surface area contributed by atoms with Crippen molar-refractivity contribution in [2.75, 3.05) is 26.9 Å². The molecule has 5 nitrogen and oxygen atoms in total. The topological polar surface area (TPSA) is 61.8 Å². The zero-order chi connectivity index (χ0) is 14.6. The zero-order valence-electron chi connectivity index (χ0n) is 12.3. The second-order valence-electron chi connectivity index (χ2n) is 4.24. The van der Waals surface area contributed by atoms with E-state index in [9.17, 15) is 9.59 Å². The van der Waals surface area contributed by atoms with Crippen LogP contribution in [-0.2, 0) is 23.8 Å². The summed E-state index contributed by atoms with van der Waals surface area (Å²) < 4.78 is 14.1. The highest BCUT2D eigenvalue weighted by atomic mass is 16.6. The number of hydrogen-bond donors (Lipinski definition) is 0. The minimum Gasteiger partial charge on any atom is -0.465 e. The van der Waals surface area contributed by atoms with Gasteiger partial charge in [0, 0.05) is 7.11 Å². The Labute approximate surface area is 110 Å². The maximum absolute atomic E-state index is 11.2. The zero-order valence-corrected chi connectivity index (χ0v) is 12.3. The van der Waals surface area contributed by atoms with E-state index >= 15 is 0 Å². The molecule has 0 aromatic heterocycles. The first-order valence-electron chi connectivity index (χ1n) is 6.22. The van der Waals surface area contributed by atoms with Gasteiger partial charge in [-0.2, -0.15) is 0 Å². The second kappa shape index (κ2) is 12.4. The molecule has 108 valence electrons. The average molecular weight is 262 g/mol. The molecule has 0 amide bonds. The van der Waals surface area contributed by atoms with Gasteiger partial charge in [0.15, 0.2) is 5.92 Å². The van der Waals surface area contributed by atoms with E-state index in [1.165, 1.54) is 7.11 Å². The lowest BCUT2D eigenvalue weighted by Crippen LogP contribution is -2.31. The molecule has 0 saturated carbocycles. The summed E-state index contributed by atoms with van der Waals surface area (Å²) >= 11 is 0. The Morgan fingerprint density at radius 3 is 1.50 bits per heavy atom. The summed E-state index contributed by atoms with van der Waals surface area (Å²) in [6.07, 6.45) is 0. The molecule has 0 rings (SSSR count). The number of carbonyl (C=O) groups excluding carboxylic acids is 2. The van der Waals surface area contributed by atoms with Crippen LogP contribution in [-0.4, -0.2) is 38.9 Å². The van der Waals surface area contributed by atoms with Crippen molar-refractivity contribution in [2.45, 2.75) is 34.6 Å². The van der Waals surface area contributed by atoms with Crippen molar-refractivity contribution in [1.82, 2.24) is 0 Å². The van der Waals surface area contributed by atoms with E-state index in [0.29, 0.717) is 0 Å². The Balaban J connectivity index is 0. The predicted molar refractivity (Wildman–Crippen MR) is 69.1 cm³/mol. The van der Waals surface area contributed by atoms with Crippen molar-refractivity contribution in [3.05, 3.63) is 0 Å². The van der Waals surface area contributed by atoms with E-state index in [-0.39, 0.29) is 19.8 Å². The molecule has 0 atom stereocenters. The van der Waals surface area contributed by atoms with Crippen molar-refractivity contribution in [1.29, 1.82) is 0 Å². The molecule has 0 fully saturated rings. The maximum atomic E-state index is 11.2. The van der Waals surface area contributed by atoms with Crippen LogP contribution < -0.4 is 0 Å². The Bertz CT molecular complexity index is 205. The van der Waals surface area contributed by atoms with Gasteiger partial charge in [-0.25, -0.2) is 0 Å². The number of esters is 2. The molecule has 0 aromatic carbocycles. The van der Waals surface area contributed by atoms with Crippen LogP contribution in [0.15, 0.2) is 0 Å². The van der Waals surface area contributed by atoms with Gasteiger partial charge in [-0.3, -0.25) is 9.59 Å². The van der Waals surface area contributed by atoms with Crippen molar-refractivity contribution in [3.8, 4) is 0 Å². The van der Waals surface area contributed by atoms with Gasteiger partial charge in [0.25, 0.3) is 0 Å². The molecule has 0 N–H and O–H groups in total. The van der Waals surface area contributed by atoms with Crippen LogP contribution in [0.2, 0.25) is 0 Å². The first kappa shape index (κ1) is 19.2. The van der Waals surface area contributed by atoms with Crippen LogP contribution in [0, 0.1) is 11.8 Å². The Hall–Kier alpha value is -1.10. The summed E-state index contributed by atoms with van der Waals surface area (Å²) in [6, 6.07) is 0. The molecule has 0 bridgehead atoms. The molecule has 0 radical (unpaired) electrons. The number of hydrogen-bond acceptors (Lipinski definition) is 5. The SMILES string of the molecule is CC(C)C.CCOC(=O)C(COC)C(=O)OCC. The van der Waals surface area contributed by atoms with Crippen molar-refractivity contribution < 1.29 is 23.8 Å². The number of rotatable bonds is 6. The van der Waals surface area contributed by atoms with Gasteiger partial charge in [0.05, 0.1) is 19.8 Å². The van der Waals surface area contributed by atoms with Gasteiger partial charge in [0.1, 0.15) is 0 Å². The highest BCUT2D eigenvalue weighted by Crippen LogP contribution is 2.04. The highest BCUT2D eigenvalue weighted by molar-refractivity contribution is 5.95. The van der Waals surface area contributed by atoms with E-state index in [1.807, 2.05) is 0 Å². The fourth-order valence-corrected chi connectivity index (χ4v) is 0.885. The Morgan fingerprint density at radius 2 is 1.28 bits per heavy atom. The van der Waals surface area contributed by atoms with E-state index in [1.54, 1.807) is 13.8 Å². The molecule has 0 aliphatic heterocycles. The third-order valence-corrected chi connectivity index (χ3v) is 1.48. The summed E-state index contributed by atoms with van der Waals surface area (Å²) in [5, 5.41) is 0. The Kier molecular flexibility index (Phi) is 13.2. The molecule has 18 heavy (non-hydrogen) atoms. The third kappa shape index (κ3) is 11.4. The second-order valence-corrected chi connectivity index (χ2v) is 4.24. The number of methoxy groups -OCH3 is 1. The average Bonchev–Trinajstić information content (AvgIpc) is 2.25. The third-order valence-electron chi connectivity index (χ3n) is 1.48. The van der Waals surface area contributed by atoms with E-state index in [4.69, 9.17) is 14.2 Å². The fraction of sp³-hybridized carbons (Fsp3) is 0.846. The maximum Gasteiger partial charge on any atom is 0.322 e. The summed E-state index contributed by atoms with van der Waals surface area (Å²) in [5.41, 5.74) is 0. The van der Waals surface area contributed by atoms with Gasteiger partial charge in [-0.1, -0.05) is 20.8 Å². The van der Waals surface area contributed by atoms with Crippen molar-refractivity contribution in [3.63, 3.8) is 0 Å². The fourth-order valence-electron chi connectivity index (χ4n) is 0.885. The predicted octanol–water partition coefficient (Wildman–Crippen LogP) is 2.04. The molecule has 0 heterocycles. The minimum atomic E-state index is -0.972. The van der Waals surface area contributed by atoms with Crippen LogP contribution in [0.1, 0.15) is 34.6 Å². The Morgan fingerprint density at radius 1 is 0.944 bits per heavy atom. The first-order chi connectivity index (χ1) is 8.40. The minimum absolute atomic E-state index is 0.0162. The molecule has 0 aliphatic carbocycles. The van der Waals surface area contributed by atoms with Gasteiger partial charge < -0.3 is 14.2 Å². The lowest BCUT2D eigenvalue weighted by Gasteiger charge is -2.12. The quantitative estimate of drug-likeness (QED) is 0.541. The first-order valence-corrected chi connectivity index (χ1v) is 6.22. The monoisotopic (exact) mass is 262 g/mol. The lowest BCUT2D eigenvalue weighted by atomic mass is 10.1. The molecular weight excluding hydrogens is 236 g/mol. The summed E-state index contributed by atoms with van der Waals surface area (Å²) in [4.78, 5) is 22.5. The molecule has 0 unspecified atom stereocenters. The molecule has 0 aromatic rings. The van der Waals surface area contributed by atoms with Gasteiger partial charge in [0.2, 0.25) is 0 Å². The normalized spacial score (nSPS) is 9.78. The lowest BCUT2D eigenvalue weighted by molar-refractivity contribution is -0.163. The standard InChI is InChI=1S/C9H16O5.C4H10/c1-4-13-8(10)7(6-12-3)9(11)14-5-2;1-4(2)3/h7H,4-6H2,1-3H3;4H,1-3H3. The van der Waals surface area contributed by atoms with E-state index in [2.05, 4.69) is 20.8 Å². The van der Waals surface area contributed by atoms with E-state index in [0.717, 1.165) is 5.92 Å². The van der Waals surface area contributed by atoms with Crippen LogP contribution in [0.4, 0.5) is 0 Å². The van der Waals surface area contributed by atoms with Crippen molar-refractivity contribution >= 4 is 11.9 Å². The van der Waals surface area contributed by atoms with E-state index < -0.39 is 17.9 Å². The molecular formula is C13H26O5. The molecule has 0 aliphatic rings. The molecule has 0 spiro atoms. The summed E-state index contributed by atoms with van der Waals surface area (Å²) in [5.74, 6) is -1.35. The summed E-state index contributed by atoms with van der Waals surface area (Å²) in [7, 11) is 1.41. The van der Waals surface area contributed by atoms with Crippen LogP contribution in [0.25, 0.3) is 0 Å². The van der Waals surface area contributed by atoms with Crippen molar-refractivity contribution in [2.24, 2.45) is 11.8 Å². The smallest absolute Gasteiger partial charge is 0.322 e. The van der Waals surface area contributed by atoms with Gasteiger partial charge >= 0.3 is 11.9 Å².